The highest BCUT2D eigenvalue weighted by Gasteiger charge is 2.39. The van der Waals surface area contributed by atoms with Crippen LogP contribution in [0.15, 0.2) is 17.0 Å². The van der Waals surface area contributed by atoms with Crippen molar-refractivity contribution in [3.8, 4) is 11.5 Å². The first-order valence-electron chi connectivity index (χ1n) is 7.36. The molecule has 1 aromatic rings. The zero-order valence-corrected chi connectivity index (χ0v) is 14.5. The Balaban J connectivity index is 2.45. The Morgan fingerprint density at radius 3 is 2.42 bits per heavy atom. The van der Waals surface area contributed by atoms with Crippen molar-refractivity contribution in [2.24, 2.45) is 5.92 Å². The lowest BCUT2D eigenvalue weighted by molar-refractivity contribution is -0.147. The Labute approximate surface area is 140 Å². The van der Waals surface area contributed by atoms with Gasteiger partial charge in [0, 0.05) is 19.2 Å². The summed E-state index contributed by atoms with van der Waals surface area (Å²) in [6, 6.07) is 2.92. The third kappa shape index (κ3) is 3.33. The number of hydrogen-bond acceptors (Lipinski definition) is 6. The van der Waals surface area contributed by atoms with Gasteiger partial charge in [0.05, 0.1) is 26.2 Å². The molecule has 0 aromatic heterocycles. The highest BCUT2D eigenvalue weighted by atomic mass is 32.2. The third-order valence-electron chi connectivity index (χ3n) is 4.16. The van der Waals surface area contributed by atoms with Gasteiger partial charge < -0.3 is 19.7 Å². The molecular weight excluding hydrogens is 338 g/mol. The first-order chi connectivity index (χ1) is 11.2. The molecule has 1 saturated heterocycles. The van der Waals surface area contributed by atoms with Crippen molar-refractivity contribution in [2.45, 2.75) is 24.3 Å². The average Bonchev–Trinajstić information content (AvgIpc) is 2.54. The minimum Gasteiger partial charge on any atom is -0.496 e. The van der Waals surface area contributed by atoms with Crippen molar-refractivity contribution in [3.05, 3.63) is 17.7 Å². The Kier molecular flexibility index (Phi) is 5.36. The van der Waals surface area contributed by atoms with E-state index in [0.29, 0.717) is 11.3 Å². The molecule has 134 valence electrons. The molecular formula is C15H21NO7S. The smallest absolute Gasteiger partial charge is 0.310 e. The highest BCUT2D eigenvalue weighted by Crippen LogP contribution is 2.34. The van der Waals surface area contributed by atoms with Gasteiger partial charge in [-0.1, -0.05) is 0 Å². The molecule has 1 aliphatic rings. The van der Waals surface area contributed by atoms with E-state index < -0.39 is 28.0 Å². The molecule has 8 nitrogen and oxygen atoms in total. The van der Waals surface area contributed by atoms with Gasteiger partial charge in [-0.25, -0.2) is 8.42 Å². The van der Waals surface area contributed by atoms with Crippen LogP contribution in [0, 0.1) is 12.8 Å². The van der Waals surface area contributed by atoms with Gasteiger partial charge in [-0.05, 0) is 25.0 Å². The maximum absolute atomic E-state index is 12.9. The molecule has 1 fully saturated rings. The van der Waals surface area contributed by atoms with Gasteiger partial charge in [0.25, 0.3) is 0 Å². The predicted octanol–water partition coefficient (Wildman–Crippen LogP) is 0.468. The molecule has 0 radical (unpaired) electrons. The summed E-state index contributed by atoms with van der Waals surface area (Å²) in [6.45, 7) is 1.50. The van der Waals surface area contributed by atoms with E-state index in [4.69, 9.17) is 14.6 Å². The van der Waals surface area contributed by atoms with Gasteiger partial charge in [-0.2, -0.15) is 4.31 Å². The summed E-state index contributed by atoms with van der Waals surface area (Å²) in [6.07, 6.45) is -1.01. The van der Waals surface area contributed by atoms with Gasteiger partial charge in [-0.3, -0.25) is 4.79 Å². The molecule has 0 amide bonds. The number of hydrogen-bond donors (Lipinski definition) is 2. The lowest BCUT2D eigenvalue weighted by Gasteiger charge is -2.33. The second-order valence-electron chi connectivity index (χ2n) is 5.64. The minimum atomic E-state index is -3.99. The largest absolute Gasteiger partial charge is 0.496 e. The standard InChI is InChI=1S/C15H21NO7S/c1-9-6-13(23-3)14(7-12(9)22-2)24(20,21)16-5-4-11(17)10(8-16)15(18)19/h6-7,10-11,17H,4-5,8H2,1-3H3,(H,18,19)/t10-,11-/m0/s1. The summed E-state index contributed by atoms with van der Waals surface area (Å²) in [7, 11) is -1.20. The number of nitrogens with zero attached hydrogens (tertiary/aromatic N) is 1. The number of carboxylic acids is 1. The first kappa shape index (κ1) is 18.5. The van der Waals surface area contributed by atoms with Gasteiger partial charge >= 0.3 is 5.97 Å². The van der Waals surface area contributed by atoms with Crippen LogP contribution >= 0.6 is 0 Å². The minimum absolute atomic E-state index is 0.0344. The number of aliphatic hydroxyl groups is 1. The van der Waals surface area contributed by atoms with Crippen molar-refractivity contribution in [1.29, 1.82) is 0 Å². The van der Waals surface area contributed by atoms with Crippen LogP contribution in [0.4, 0.5) is 0 Å². The lowest BCUT2D eigenvalue weighted by Crippen LogP contribution is -2.48. The summed E-state index contributed by atoms with van der Waals surface area (Å²) in [4.78, 5) is 11.1. The molecule has 1 aromatic carbocycles. The highest BCUT2D eigenvalue weighted by molar-refractivity contribution is 7.89. The Bertz CT molecular complexity index is 732. The predicted molar refractivity (Wildman–Crippen MR) is 84.8 cm³/mol. The van der Waals surface area contributed by atoms with E-state index in [-0.39, 0.29) is 30.2 Å². The third-order valence-corrected chi connectivity index (χ3v) is 6.04. The van der Waals surface area contributed by atoms with Gasteiger partial charge in [0.2, 0.25) is 10.0 Å². The number of aliphatic hydroxyl groups excluding tert-OH is 1. The SMILES string of the molecule is COc1cc(S(=O)(=O)N2CC[C@H](O)[C@@H](C(=O)O)C2)c(OC)cc1C. The van der Waals surface area contributed by atoms with Gasteiger partial charge in [0.1, 0.15) is 16.4 Å². The van der Waals surface area contributed by atoms with Gasteiger partial charge in [-0.15, -0.1) is 0 Å². The molecule has 0 spiro atoms. The first-order valence-corrected chi connectivity index (χ1v) is 8.80. The fourth-order valence-corrected chi connectivity index (χ4v) is 4.37. The van der Waals surface area contributed by atoms with Crippen molar-refractivity contribution in [3.63, 3.8) is 0 Å². The van der Waals surface area contributed by atoms with Gasteiger partial charge in [0.15, 0.2) is 0 Å². The maximum atomic E-state index is 12.9. The number of aliphatic carboxylic acids is 1. The number of carbonyl (C=O) groups is 1. The van der Waals surface area contributed by atoms with Crippen molar-refractivity contribution in [1.82, 2.24) is 4.31 Å². The van der Waals surface area contributed by atoms with E-state index in [1.165, 1.54) is 20.3 Å². The molecule has 1 aliphatic heterocycles. The normalized spacial score (nSPS) is 22.2. The molecule has 0 unspecified atom stereocenters. The number of carboxylic acid groups (broad SMARTS) is 1. The topological polar surface area (TPSA) is 113 Å². The summed E-state index contributed by atoms with van der Waals surface area (Å²) >= 11 is 0. The molecule has 0 bridgehead atoms. The number of methoxy groups -OCH3 is 2. The van der Waals surface area contributed by atoms with Crippen LogP contribution in [0.3, 0.4) is 0 Å². The van der Waals surface area contributed by atoms with Crippen molar-refractivity contribution < 1.29 is 32.9 Å². The molecule has 0 aliphatic carbocycles. The number of sulfonamides is 1. The molecule has 2 atom stereocenters. The Morgan fingerprint density at radius 1 is 1.25 bits per heavy atom. The molecule has 9 heteroatoms. The molecule has 0 saturated carbocycles. The van der Waals surface area contributed by atoms with Crippen LogP contribution in [0.1, 0.15) is 12.0 Å². The van der Waals surface area contributed by atoms with Crippen LogP contribution in [0.2, 0.25) is 0 Å². The van der Waals surface area contributed by atoms with E-state index >= 15 is 0 Å². The number of piperidine rings is 1. The number of ether oxygens (including phenoxy) is 2. The fourth-order valence-electron chi connectivity index (χ4n) is 2.73. The summed E-state index contributed by atoms with van der Waals surface area (Å²) < 4.78 is 37.3. The average molecular weight is 359 g/mol. The summed E-state index contributed by atoms with van der Waals surface area (Å²) in [5.41, 5.74) is 0.714. The van der Waals surface area contributed by atoms with Crippen LogP contribution in [0.5, 0.6) is 11.5 Å². The molecule has 24 heavy (non-hydrogen) atoms. The Hall–Kier alpha value is -1.84. The number of benzene rings is 1. The summed E-state index contributed by atoms with van der Waals surface area (Å²) in [5.74, 6) is -1.84. The van der Waals surface area contributed by atoms with Crippen LogP contribution in [-0.4, -0.2) is 62.3 Å². The Morgan fingerprint density at radius 2 is 1.88 bits per heavy atom. The summed E-state index contributed by atoms with van der Waals surface area (Å²) in [5, 5.41) is 18.9. The van der Waals surface area contributed by atoms with E-state index in [2.05, 4.69) is 0 Å². The second kappa shape index (κ2) is 6.96. The zero-order chi connectivity index (χ0) is 18.1. The zero-order valence-electron chi connectivity index (χ0n) is 13.7. The quantitative estimate of drug-likeness (QED) is 0.785. The van der Waals surface area contributed by atoms with E-state index in [0.717, 1.165) is 4.31 Å². The lowest BCUT2D eigenvalue weighted by atomic mass is 9.96. The van der Waals surface area contributed by atoms with E-state index in [1.54, 1.807) is 13.0 Å². The van der Waals surface area contributed by atoms with E-state index in [9.17, 15) is 18.3 Å². The van der Waals surface area contributed by atoms with Crippen LogP contribution in [0.25, 0.3) is 0 Å². The second-order valence-corrected chi connectivity index (χ2v) is 7.54. The van der Waals surface area contributed by atoms with E-state index in [1.807, 2.05) is 0 Å². The van der Waals surface area contributed by atoms with Crippen LogP contribution in [-0.2, 0) is 14.8 Å². The van der Waals surface area contributed by atoms with Crippen LogP contribution < -0.4 is 9.47 Å². The monoisotopic (exact) mass is 359 g/mol. The maximum Gasteiger partial charge on any atom is 0.310 e. The fraction of sp³-hybridized carbons (Fsp3) is 0.533. The molecule has 2 rings (SSSR count). The van der Waals surface area contributed by atoms with Crippen molar-refractivity contribution >= 4 is 16.0 Å². The number of rotatable bonds is 5. The molecule has 2 N–H and O–H groups in total. The van der Waals surface area contributed by atoms with Crippen molar-refractivity contribution in [2.75, 3.05) is 27.3 Å². The number of aryl methyl sites for hydroxylation is 1. The molecule has 1 heterocycles.